The van der Waals surface area contributed by atoms with E-state index in [1.54, 1.807) is 42.9 Å². The van der Waals surface area contributed by atoms with Gasteiger partial charge in [-0.1, -0.05) is 36.2 Å². The summed E-state index contributed by atoms with van der Waals surface area (Å²) >= 11 is 13.8. The molecule has 4 rings (SSSR count). The Morgan fingerprint density at radius 2 is 1.95 bits per heavy atom. The summed E-state index contributed by atoms with van der Waals surface area (Å²) in [6.07, 6.45) is 2.40. The molecule has 1 fully saturated rings. The summed E-state index contributed by atoms with van der Waals surface area (Å²) in [5.74, 6) is -1.15. The number of benzene rings is 1. The fourth-order valence-electron chi connectivity index (χ4n) is 4.57. The summed E-state index contributed by atoms with van der Waals surface area (Å²) in [6, 6.07) is 2.69. The molecule has 1 aliphatic rings. The number of tetrazole rings is 1. The lowest BCUT2D eigenvalue weighted by Crippen LogP contribution is -2.56. The molecular formula is C26H30Cl2N8O4S. The zero-order chi connectivity index (χ0) is 29.5. The molecule has 3 heterocycles. The van der Waals surface area contributed by atoms with Crippen LogP contribution in [0.25, 0.3) is 0 Å². The van der Waals surface area contributed by atoms with Gasteiger partial charge in [-0.3, -0.25) is 19.2 Å². The highest BCUT2D eigenvalue weighted by atomic mass is 35.5. The molecule has 2 unspecified atom stereocenters. The second-order valence-electron chi connectivity index (χ2n) is 9.67. The maximum Gasteiger partial charge on any atom is 0.271 e. The van der Waals surface area contributed by atoms with Gasteiger partial charge in [-0.05, 0) is 60.7 Å². The van der Waals surface area contributed by atoms with E-state index in [0.29, 0.717) is 53.7 Å². The molecule has 1 aliphatic heterocycles. The van der Waals surface area contributed by atoms with Gasteiger partial charge in [0.25, 0.3) is 5.91 Å². The molecule has 0 bridgehead atoms. The lowest BCUT2D eigenvalue weighted by Gasteiger charge is -2.30. The van der Waals surface area contributed by atoms with Crippen LogP contribution in [0, 0.1) is 0 Å². The number of amides is 3. The van der Waals surface area contributed by atoms with Gasteiger partial charge in [0.05, 0.1) is 11.6 Å². The molecule has 0 radical (unpaired) electrons. The van der Waals surface area contributed by atoms with Gasteiger partial charge in [0.2, 0.25) is 11.8 Å². The largest absolute Gasteiger partial charge is 0.344 e. The molecule has 3 amide bonds. The van der Waals surface area contributed by atoms with E-state index in [9.17, 15) is 19.2 Å². The van der Waals surface area contributed by atoms with E-state index in [1.165, 1.54) is 20.9 Å². The Labute approximate surface area is 250 Å². The monoisotopic (exact) mass is 620 g/mol. The standard InChI is InChI=1S/C26H30Cl2N8O4S/c1-3-19(22(37)12-36-23(32-33-34-36)11-16-17(27)7-6-8-18(16)28)30-24(38)15(2)35-10-5-4-9-20(26(35)40)31-25(39)21-13-41-14-29-21/h6-8,13-15,19-20H,3-5,9-12H2,1-2H3,(H,30,38)(H,31,39)/t15?,19?,20-/m0/s1. The fraction of sp³-hybridized carbons (Fsp3) is 0.462. The van der Waals surface area contributed by atoms with Gasteiger partial charge in [-0.25, -0.2) is 9.67 Å². The van der Waals surface area contributed by atoms with Crippen LogP contribution in [0.3, 0.4) is 0 Å². The lowest BCUT2D eigenvalue weighted by atomic mass is 10.1. The third kappa shape index (κ3) is 7.46. The molecule has 3 aromatic rings. The summed E-state index contributed by atoms with van der Waals surface area (Å²) in [5, 5.41) is 19.7. The van der Waals surface area contributed by atoms with Crippen molar-refractivity contribution in [3.8, 4) is 0 Å². The number of hydrogen-bond donors (Lipinski definition) is 2. The van der Waals surface area contributed by atoms with Gasteiger partial charge in [0.15, 0.2) is 11.6 Å². The molecule has 218 valence electrons. The first-order valence-corrected chi connectivity index (χ1v) is 14.9. The van der Waals surface area contributed by atoms with Crippen molar-refractivity contribution in [2.45, 2.75) is 70.6 Å². The zero-order valence-electron chi connectivity index (χ0n) is 22.5. The first kappa shape index (κ1) is 30.5. The van der Waals surface area contributed by atoms with E-state index in [4.69, 9.17) is 23.2 Å². The number of likely N-dealkylation sites (tertiary alicyclic amines) is 1. The second-order valence-corrected chi connectivity index (χ2v) is 11.2. The van der Waals surface area contributed by atoms with Crippen LogP contribution in [-0.4, -0.2) is 78.3 Å². The van der Waals surface area contributed by atoms with E-state index >= 15 is 0 Å². The van der Waals surface area contributed by atoms with Gasteiger partial charge in [0.1, 0.15) is 24.3 Å². The maximum atomic E-state index is 13.3. The first-order chi connectivity index (χ1) is 19.7. The Bertz CT molecular complexity index is 1380. The van der Waals surface area contributed by atoms with Gasteiger partial charge in [0, 0.05) is 28.4 Å². The van der Waals surface area contributed by atoms with Gasteiger partial charge in [-0.2, -0.15) is 0 Å². The quantitative estimate of drug-likeness (QED) is 0.332. The number of nitrogens with zero attached hydrogens (tertiary/aromatic N) is 6. The molecule has 15 heteroatoms. The molecule has 1 saturated heterocycles. The Morgan fingerprint density at radius 1 is 1.20 bits per heavy atom. The minimum absolute atomic E-state index is 0.176. The lowest BCUT2D eigenvalue weighted by molar-refractivity contribution is -0.141. The summed E-state index contributed by atoms with van der Waals surface area (Å²) in [5.41, 5.74) is 2.42. The molecule has 3 atom stereocenters. The average molecular weight is 622 g/mol. The highest BCUT2D eigenvalue weighted by molar-refractivity contribution is 7.07. The van der Waals surface area contributed by atoms with E-state index in [1.807, 2.05) is 0 Å². The Kier molecular flexibility index (Phi) is 10.4. The third-order valence-corrected chi connectivity index (χ3v) is 8.26. The Morgan fingerprint density at radius 3 is 2.63 bits per heavy atom. The number of thiazole rings is 1. The number of Topliss-reactive ketones (excluding diaryl/α,β-unsaturated/α-hetero) is 1. The number of carbonyl (C=O) groups excluding carboxylic acids is 4. The predicted molar refractivity (Wildman–Crippen MR) is 153 cm³/mol. The predicted octanol–water partition coefficient (Wildman–Crippen LogP) is 2.69. The van der Waals surface area contributed by atoms with Crippen LogP contribution in [0.1, 0.15) is 61.4 Å². The minimum atomic E-state index is -0.855. The molecule has 12 nitrogen and oxygen atoms in total. The number of hydrogen-bond acceptors (Lipinski definition) is 9. The minimum Gasteiger partial charge on any atom is -0.344 e. The molecule has 0 saturated carbocycles. The van der Waals surface area contributed by atoms with Crippen LogP contribution < -0.4 is 10.6 Å². The van der Waals surface area contributed by atoms with Gasteiger partial charge < -0.3 is 15.5 Å². The summed E-state index contributed by atoms with van der Waals surface area (Å²) in [4.78, 5) is 57.7. The van der Waals surface area contributed by atoms with E-state index in [2.05, 4.69) is 31.1 Å². The molecule has 0 aliphatic carbocycles. The number of ketones is 1. The first-order valence-electron chi connectivity index (χ1n) is 13.2. The second kappa shape index (κ2) is 14.0. The number of rotatable bonds is 11. The molecule has 1 aromatic carbocycles. The van der Waals surface area contributed by atoms with E-state index < -0.39 is 29.9 Å². The SMILES string of the molecule is CCC(NC(=O)C(C)N1CCCC[C@H](NC(=O)c2cscn2)C1=O)C(=O)Cn1nnnc1Cc1c(Cl)cccc1Cl. The molecule has 41 heavy (non-hydrogen) atoms. The van der Waals surface area contributed by atoms with Crippen molar-refractivity contribution >= 4 is 58.0 Å². The van der Waals surface area contributed by atoms with Crippen molar-refractivity contribution in [3.05, 3.63) is 56.2 Å². The highest BCUT2D eigenvalue weighted by Gasteiger charge is 2.35. The zero-order valence-corrected chi connectivity index (χ0v) is 24.9. The van der Waals surface area contributed by atoms with Crippen molar-refractivity contribution in [3.63, 3.8) is 0 Å². The Hall–Kier alpha value is -3.42. The third-order valence-electron chi connectivity index (χ3n) is 6.96. The number of halogens is 2. The van der Waals surface area contributed by atoms with Crippen molar-refractivity contribution in [2.75, 3.05) is 6.54 Å². The summed E-state index contributed by atoms with van der Waals surface area (Å²) in [7, 11) is 0. The van der Waals surface area contributed by atoms with Crippen LogP contribution >= 0.6 is 34.5 Å². The van der Waals surface area contributed by atoms with Crippen molar-refractivity contribution in [2.24, 2.45) is 0 Å². The number of aromatic nitrogens is 5. The van der Waals surface area contributed by atoms with Crippen LogP contribution in [0.4, 0.5) is 0 Å². The topological polar surface area (TPSA) is 152 Å². The normalized spacial score (nSPS) is 17.0. The van der Waals surface area contributed by atoms with Crippen LogP contribution in [-0.2, 0) is 27.3 Å². The molecule has 0 spiro atoms. The van der Waals surface area contributed by atoms with Crippen LogP contribution in [0.5, 0.6) is 0 Å². The van der Waals surface area contributed by atoms with Crippen molar-refractivity contribution in [1.82, 2.24) is 40.7 Å². The van der Waals surface area contributed by atoms with Crippen LogP contribution in [0.2, 0.25) is 10.0 Å². The number of nitrogens with one attached hydrogen (secondary N) is 2. The van der Waals surface area contributed by atoms with Gasteiger partial charge in [-0.15, -0.1) is 16.4 Å². The smallest absolute Gasteiger partial charge is 0.271 e. The molecular weight excluding hydrogens is 591 g/mol. The molecule has 2 aromatic heterocycles. The average Bonchev–Trinajstić information content (AvgIpc) is 3.61. The molecule has 2 N–H and O–H groups in total. The highest BCUT2D eigenvalue weighted by Crippen LogP contribution is 2.26. The Balaban J connectivity index is 1.39. The summed E-state index contributed by atoms with van der Waals surface area (Å²) in [6.45, 7) is 3.57. The summed E-state index contributed by atoms with van der Waals surface area (Å²) < 4.78 is 1.36. The van der Waals surface area contributed by atoms with Gasteiger partial charge >= 0.3 is 0 Å². The van der Waals surface area contributed by atoms with E-state index in [0.717, 1.165) is 0 Å². The number of carbonyl (C=O) groups is 4. The van der Waals surface area contributed by atoms with Crippen molar-refractivity contribution in [1.29, 1.82) is 0 Å². The fourth-order valence-corrected chi connectivity index (χ4v) is 5.64. The van der Waals surface area contributed by atoms with Crippen LogP contribution in [0.15, 0.2) is 29.1 Å². The maximum absolute atomic E-state index is 13.3. The van der Waals surface area contributed by atoms with E-state index in [-0.39, 0.29) is 30.3 Å². The van der Waals surface area contributed by atoms with Crippen molar-refractivity contribution < 1.29 is 19.2 Å².